The van der Waals surface area contributed by atoms with E-state index in [0.717, 1.165) is 17.7 Å². The standard InChI is InChI=1S/C13H15NO5/c15-10-6-5-9(13(18)19-10)14-11(16)7-3-1-2-4-8(7)12(14)17/h7-9H,1-6H2/t7-,8+,9-/m1/s1. The van der Waals surface area contributed by atoms with Gasteiger partial charge in [-0.15, -0.1) is 0 Å². The van der Waals surface area contributed by atoms with Crippen LogP contribution >= 0.6 is 0 Å². The molecule has 2 amide bonds. The van der Waals surface area contributed by atoms with Gasteiger partial charge in [-0.3, -0.25) is 19.3 Å². The van der Waals surface area contributed by atoms with Gasteiger partial charge in [-0.1, -0.05) is 12.8 Å². The molecule has 1 saturated carbocycles. The van der Waals surface area contributed by atoms with Gasteiger partial charge < -0.3 is 4.74 Å². The molecule has 19 heavy (non-hydrogen) atoms. The minimum Gasteiger partial charge on any atom is -0.392 e. The Bertz CT molecular complexity index is 448. The van der Waals surface area contributed by atoms with E-state index >= 15 is 0 Å². The Labute approximate surface area is 110 Å². The first-order chi connectivity index (χ1) is 9.09. The molecule has 0 N–H and O–H groups in total. The number of hydrogen-bond acceptors (Lipinski definition) is 5. The number of nitrogens with zero attached hydrogens (tertiary/aromatic N) is 1. The molecule has 0 unspecified atom stereocenters. The number of imide groups is 1. The fourth-order valence-corrected chi connectivity index (χ4v) is 3.33. The molecule has 102 valence electrons. The number of esters is 2. The molecule has 3 atom stereocenters. The lowest BCUT2D eigenvalue weighted by atomic mass is 9.81. The maximum absolute atomic E-state index is 12.3. The van der Waals surface area contributed by atoms with E-state index in [-0.39, 0.29) is 36.5 Å². The number of fused-ring (bicyclic) bond motifs is 1. The van der Waals surface area contributed by atoms with Gasteiger partial charge in [0.05, 0.1) is 11.8 Å². The van der Waals surface area contributed by atoms with Gasteiger partial charge in [-0.25, -0.2) is 4.79 Å². The van der Waals surface area contributed by atoms with Gasteiger partial charge >= 0.3 is 11.9 Å². The average molecular weight is 265 g/mol. The minimum atomic E-state index is -0.900. The monoisotopic (exact) mass is 265 g/mol. The zero-order valence-electron chi connectivity index (χ0n) is 10.5. The maximum atomic E-state index is 12.3. The SMILES string of the molecule is O=C1CC[C@@H](N2C(=O)[C@H]3CCCC[C@H]3C2=O)C(=O)O1. The van der Waals surface area contributed by atoms with Crippen molar-refractivity contribution in [3.63, 3.8) is 0 Å². The molecule has 3 aliphatic rings. The first kappa shape index (κ1) is 12.3. The summed E-state index contributed by atoms with van der Waals surface area (Å²) in [5.41, 5.74) is 0. The number of carbonyl (C=O) groups excluding carboxylic acids is 4. The van der Waals surface area contributed by atoms with Crippen LogP contribution in [0.3, 0.4) is 0 Å². The third kappa shape index (κ3) is 1.86. The smallest absolute Gasteiger partial charge is 0.337 e. The van der Waals surface area contributed by atoms with Crippen LogP contribution in [0.1, 0.15) is 38.5 Å². The molecule has 1 aliphatic carbocycles. The summed E-state index contributed by atoms with van der Waals surface area (Å²) in [6.07, 6.45) is 3.58. The summed E-state index contributed by atoms with van der Waals surface area (Å²) in [6, 6.07) is -0.900. The first-order valence-corrected chi connectivity index (χ1v) is 6.71. The van der Waals surface area contributed by atoms with Crippen LogP contribution in [0.25, 0.3) is 0 Å². The highest BCUT2D eigenvalue weighted by molar-refractivity contribution is 6.08. The highest BCUT2D eigenvalue weighted by atomic mass is 16.6. The number of amides is 2. The van der Waals surface area contributed by atoms with Crippen LogP contribution in [0.15, 0.2) is 0 Å². The molecule has 6 nitrogen and oxygen atoms in total. The van der Waals surface area contributed by atoms with Crippen molar-refractivity contribution in [3.8, 4) is 0 Å². The average Bonchev–Trinajstić information content (AvgIpc) is 2.64. The lowest BCUT2D eigenvalue weighted by Gasteiger charge is -2.27. The molecule has 0 aromatic carbocycles. The van der Waals surface area contributed by atoms with Crippen LogP contribution in [0.2, 0.25) is 0 Å². The van der Waals surface area contributed by atoms with Crippen LogP contribution in [-0.2, 0) is 23.9 Å². The molecular weight excluding hydrogens is 250 g/mol. The predicted octanol–water partition coefficient (Wildman–Crippen LogP) is 0.394. The van der Waals surface area contributed by atoms with Gasteiger partial charge in [0.15, 0.2) is 0 Å². The topological polar surface area (TPSA) is 80.8 Å². The van der Waals surface area contributed by atoms with E-state index in [4.69, 9.17) is 0 Å². The third-order valence-electron chi connectivity index (χ3n) is 4.30. The molecule has 0 spiro atoms. The zero-order valence-corrected chi connectivity index (χ0v) is 10.5. The van der Waals surface area contributed by atoms with Gasteiger partial charge in [0.1, 0.15) is 6.04 Å². The fourth-order valence-electron chi connectivity index (χ4n) is 3.33. The van der Waals surface area contributed by atoms with Crippen LogP contribution in [-0.4, -0.2) is 34.7 Å². The largest absolute Gasteiger partial charge is 0.392 e. The maximum Gasteiger partial charge on any atom is 0.337 e. The van der Waals surface area contributed by atoms with Crippen LogP contribution in [0.5, 0.6) is 0 Å². The third-order valence-corrected chi connectivity index (χ3v) is 4.30. The molecule has 6 heteroatoms. The Morgan fingerprint density at radius 3 is 2.00 bits per heavy atom. The molecule has 0 aromatic heterocycles. The van der Waals surface area contributed by atoms with Crippen molar-refractivity contribution >= 4 is 23.8 Å². The lowest BCUT2D eigenvalue weighted by molar-refractivity contribution is -0.172. The Hall–Kier alpha value is -1.72. The Morgan fingerprint density at radius 2 is 1.47 bits per heavy atom. The van der Waals surface area contributed by atoms with Crippen molar-refractivity contribution in [3.05, 3.63) is 0 Å². The van der Waals surface area contributed by atoms with E-state index in [0.29, 0.717) is 12.8 Å². The van der Waals surface area contributed by atoms with Crippen LogP contribution in [0.4, 0.5) is 0 Å². The Kier molecular flexibility index (Phi) is 2.88. The van der Waals surface area contributed by atoms with Gasteiger partial charge in [0, 0.05) is 6.42 Å². The fraction of sp³-hybridized carbons (Fsp3) is 0.692. The second-order valence-electron chi connectivity index (χ2n) is 5.39. The number of cyclic esters (lactones) is 2. The minimum absolute atomic E-state index is 0.0722. The van der Waals surface area contributed by atoms with Gasteiger partial charge in [-0.2, -0.15) is 0 Å². The summed E-state index contributed by atoms with van der Waals surface area (Å²) in [6.45, 7) is 0. The second kappa shape index (κ2) is 4.43. The highest BCUT2D eigenvalue weighted by Gasteiger charge is 2.53. The number of rotatable bonds is 1. The molecule has 0 bridgehead atoms. The molecule has 3 rings (SSSR count). The quantitative estimate of drug-likeness (QED) is 0.389. The van der Waals surface area contributed by atoms with E-state index in [1.807, 2.05) is 0 Å². The van der Waals surface area contributed by atoms with Crippen molar-refractivity contribution in [1.82, 2.24) is 4.90 Å². The summed E-state index contributed by atoms with van der Waals surface area (Å²) in [5.74, 6) is -2.41. The van der Waals surface area contributed by atoms with Gasteiger partial charge in [0.2, 0.25) is 11.8 Å². The van der Waals surface area contributed by atoms with Crippen molar-refractivity contribution in [2.24, 2.45) is 11.8 Å². The molecule has 2 heterocycles. The molecule has 0 radical (unpaired) electrons. The molecule has 3 fully saturated rings. The summed E-state index contributed by atoms with van der Waals surface area (Å²) in [4.78, 5) is 48.4. The van der Waals surface area contributed by atoms with Crippen molar-refractivity contribution in [1.29, 1.82) is 0 Å². The van der Waals surface area contributed by atoms with Crippen molar-refractivity contribution in [2.75, 3.05) is 0 Å². The summed E-state index contributed by atoms with van der Waals surface area (Å²) >= 11 is 0. The summed E-state index contributed by atoms with van der Waals surface area (Å²) < 4.78 is 4.54. The van der Waals surface area contributed by atoms with Gasteiger partial charge in [0.25, 0.3) is 0 Å². The van der Waals surface area contributed by atoms with Crippen molar-refractivity contribution < 1.29 is 23.9 Å². The normalized spacial score (nSPS) is 35.4. The van der Waals surface area contributed by atoms with Crippen LogP contribution in [0, 0.1) is 11.8 Å². The van der Waals surface area contributed by atoms with Crippen molar-refractivity contribution in [2.45, 2.75) is 44.6 Å². The molecular formula is C13H15NO5. The highest BCUT2D eigenvalue weighted by Crippen LogP contribution is 2.39. The number of likely N-dealkylation sites (tertiary alicyclic amines) is 1. The predicted molar refractivity (Wildman–Crippen MR) is 61.4 cm³/mol. The molecule has 2 aliphatic heterocycles. The lowest BCUT2D eigenvalue weighted by Crippen LogP contribution is -2.49. The molecule has 2 saturated heterocycles. The number of hydrogen-bond donors (Lipinski definition) is 0. The van der Waals surface area contributed by atoms with Gasteiger partial charge in [-0.05, 0) is 19.3 Å². The summed E-state index contributed by atoms with van der Waals surface area (Å²) in [5, 5.41) is 0. The van der Waals surface area contributed by atoms with E-state index in [9.17, 15) is 19.2 Å². The van der Waals surface area contributed by atoms with E-state index in [1.165, 1.54) is 0 Å². The Morgan fingerprint density at radius 1 is 0.895 bits per heavy atom. The van der Waals surface area contributed by atoms with E-state index in [1.54, 1.807) is 0 Å². The van der Waals surface area contributed by atoms with E-state index < -0.39 is 18.0 Å². The van der Waals surface area contributed by atoms with Crippen LogP contribution < -0.4 is 0 Å². The number of ether oxygens (including phenoxy) is 1. The van der Waals surface area contributed by atoms with E-state index in [2.05, 4.69) is 4.74 Å². The number of carbonyl (C=O) groups is 4. The summed E-state index contributed by atoms with van der Waals surface area (Å²) in [7, 11) is 0. The second-order valence-corrected chi connectivity index (χ2v) is 5.39. The zero-order chi connectivity index (χ0) is 13.6. The Balaban J connectivity index is 1.84. The molecule has 0 aromatic rings. The first-order valence-electron chi connectivity index (χ1n) is 6.71.